The molecule has 0 amide bonds. The van der Waals surface area contributed by atoms with E-state index in [0.29, 0.717) is 24.4 Å². The number of aliphatic hydroxyl groups excluding tert-OH is 1. The topological polar surface area (TPSA) is 38.7 Å². The van der Waals surface area contributed by atoms with E-state index in [1.54, 1.807) is 0 Å². The molecule has 0 radical (unpaired) electrons. The van der Waals surface area contributed by atoms with E-state index in [2.05, 4.69) is 15.9 Å². The van der Waals surface area contributed by atoms with Crippen molar-refractivity contribution in [2.45, 2.75) is 10.1 Å². The van der Waals surface area contributed by atoms with E-state index in [1.165, 1.54) is 0 Å². The Labute approximate surface area is 102 Å². The van der Waals surface area contributed by atoms with Gasteiger partial charge in [-0.05, 0) is 29.6 Å². The summed E-state index contributed by atoms with van der Waals surface area (Å²) in [4.78, 5) is 0. The maximum atomic E-state index is 9.74. The molecule has 1 saturated heterocycles. The second-order valence-electron chi connectivity index (χ2n) is 6.56. The molecule has 1 spiro atoms. The first kappa shape index (κ1) is 8.46. The summed E-state index contributed by atoms with van der Waals surface area (Å²) in [5, 5.41) is 9.74. The molecular formula is C12H13BrO3. The lowest BCUT2D eigenvalue weighted by molar-refractivity contribution is -0.193. The number of halogens is 1. The van der Waals surface area contributed by atoms with Crippen LogP contribution in [0.3, 0.4) is 0 Å². The highest BCUT2D eigenvalue weighted by Gasteiger charge is 3.08. The second kappa shape index (κ2) is 1.85. The summed E-state index contributed by atoms with van der Waals surface area (Å²) in [5.74, 6) is 3.92. The maximum Gasteiger partial charge on any atom is 0.187 e. The average molecular weight is 285 g/mol. The molecule has 0 aromatic carbocycles. The monoisotopic (exact) mass is 284 g/mol. The van der Waals surface area contributed by atoms with Crippen molar-refractivity contribution >= 4 is 15.9 Å². The second-order valence-corrected chi connectivity index (χ2v) is 7.87. The Bertz CT molecular complexity index is 448. The molecular weight excluding hydrogens is 272 g/mol. The summed E-state index contributed by atoms with van der Waals surface area (Å²) in [6.07, 6.45) is 0. The van der Waals surface area contributed by atoms with Gasteiger partial charge in [0, 0.05) is 17.9 Å². The van der Waals surface area contributed by atoms with Crippen molar-refractivity contribution in [3.8, 4) is 0 Å². The molecule has 86 valence electrons. The van der Waals surface area contributed by atoms with E-state index >= 15 is 0 Å². The minimum absolute atomic E-state index is 0.0594. The van der Waals surface area contributed by atoms with Crippen molar-refractivity contribution in [3.05, 3.63) is 0 Å². The fourth-order valence-electron chi connectivity index (χ4n) is 6.92. The lowest BCUT2D eigenvalue weighted by Gasteiger charge is -2.37. The van der Waals surface area contributed by atoms with Crippen molar-refractivity contribution in [1.82, 2.24) is 0 Å². The molecule has 1 aliphatic heterocycles. The van der Waals surface area contributed by atoms with Crippen LogP contribution in [0.4, 0.5) is 0 Å². The smallest absolute Gasteiger partial charge is 0.187 e. The van der Waals surface area contributed by atoms with E-state index in [-0.39, 0.29) is 15.5 Å². The average Bonchev–Trinajstić information content (AvgIpc) is 2.97. The Morgan fingerprint density at radius 2 is 1.88 bits per heavy atom. The highest BCUT2D eigenvalue weighted by molar-refractivity contribution is 9.10. The molecule has 7 aliphatic rings. The molecule has 6 aliphatic carbocycles. The van der Waals surface area contributed by atoms with Gasteiger partial charge in [-0.25, -0.2) is 0 Å². The molecule has 0 aromatic rings. The summed E-state index contributed by atoms with van der Waals surface area (Å²) in [7, 11) is 0. The summed E-state index contributed by atoms with van der Waals surface area (Å²) in [5.41, 5.74) is 0.282. The highest BCUT2D eigenvalue weighted by Crippen LogP contribution is 3.04. The van der Waals surface area contributed by atoms with Gasteiger partial charge in [-0.15, -0.1) is 0 Å². The first-order valence-electron chi connectivity index (χ1n) is 6.33. The van der Waals surface area contributed by atoms with Gasteiger partial charge in [0.1, 0.15) is 0 Å². The van der Waals surface area contributed by atoms with Crippen LogP contribution in [0.1, 0.15) is 0 Å². The first-order valence-corrected chi connectivity index (χ1v) is 7.12. The number of alkyl halides is 1. The summed E-state index contributed by atoms with van der Waals surface area (Å²) in [6.45, 7) is 1.89. The first-order chi connectivity index (χ1) is 7.75. The summed E-state index contributed by atoms with van der Waals surface area (Å²) < 4.78 is 12.1. The molecule has 8 atom stereocenters. The molecule has 7 rings (SSSR count). The Morgan fingerprint density at radius 3 is 2.31 bits per heavy atom. The van der Waals surface area contributed by atoms with Gasteiger partial charge in [-0.3, -0.25) is 0 Å². The van der Waals surface area contributed by atoms with Gasteiger partial charge in [-0.2, -0.15) is 0 Å². The van der Waals surface area contributed by atoms with E-state index in [4.69, 9.17) is 9.47 Å². The molecule has 0 aromatic heterocycles. The third-order valence-corrected chi connectivity index (χ3v) is 8.42. The van der Waals surface area contributed by atoms with E-state index in [0.717, 1.165) is 31.0 Å². The van der Waals surface area contributed by atoms with Crippen LogP contribution in [0, 0.1) is 40.9 Å². The van der Waals surface area contributed by atoms with Crippen LogP contribution >= 0.6 is 15.9 Å². The summed E-state index contributed by atoms with van der Waals surface area (Å²) in [6, 6.07) is 0. The van der Waals surface area contributed by atoms with Gasteiger partial charge in [0.15, 0.2) is 5.79 Å². The van der Waals surface area contributed by atoms with Crippen LogP contribution < -0.4 is 0 Å². The molecule has 1 N–H and O–H groups in total. The summed E-state index contributed by atoms with van der Waals surface area (Å²) >= 11 is 4.02. The van der Waals surface area contributed by atoms with Crippen molar-refractivity contribution in [3.63, 3.8) is 0 Å². The van der Waals surface area contributed by atoms with E-state index < -0.39 is 0 Å². The van der Waals surface area contributed by atoms with Crippen molar-refractivity contribution in [1.29, 1.82) is 0 Å². The van der Waals surface area contributed by atoms with Gasteiger partial charge in [0.05, 0.1) is 17.5 Å². The van der Waals surface area contributed by atoms with Gasteiger partial charge in [0.2, 0.25) is 0 Å². The number of ether oxygens (including phenoxy) is 2. The Morgan fingerprint density at radius 1 is 1.12 bits per heavy atom. The zero-order chi connectivity index (χ0) is 10.5. The quantitative estimate of drug-likeness (QED) is 0.717. The predicted octanol–water partition coefficient (Wildman–Crippen LogP) is 0.607. The van der Waals surface area contributed by atoms with Crippen molar-refractivity contribution in [2.24, 2.45) is 40.9 Å². The molecule has 1 heterocycles. The molecule has 6 saturated carbocycles. The minimum atomic E-state index is -0.302. The lowest BCUT2D eigenvalue weighted by atomic mass is 9.94. The fraction of sp³-hybridized carbons (Fsp3) is 1.00. The number of aliphatic hydroxyl groups is 1. The Kier molecular flexibility index (Phi) is 0.979. The molecule has 7 fully saturated rings. The molecule has 3 nitrogen and oxygen atoms in total. The molecule has 16 heavy (non-hydrogen) atoms. The van der Waals surface area contributed by atoms with Crippen LogP contribution in [0.15, 0.2) is 0 Å². The predicted molar refractivity (Wildman–Crippen MR) is 56.8 cm³/mol. The Hall–Kier alpha value is 0.360. The van der Waals surface area contributed by atoms with E-state index in [1.807, 2.05) is 0 Å². The maximum absolute atomic E-state index is 9.74. The number of rotatable bonds is 1. The lowest BCUT2D eigenvalue weighted by Crippen LogP contribution is -2.50. The van der Waals surface area contributed by atoms with Crippen LogP contribution in [-0.4, -0.2) is 35.0 Å². The van der Waals surface area contributed by atoms with Gasteiger partial charge in [-0.1, -0.05) is 15.9 Å². The normalized spacial score (nSPS) is 77.6. The largest absolute Gasteiger partial charge is 0.396 e. The van der Waals surface area contributed by atoms with Crippen LogP contribution in [0.25, 0.3) is 0 Å². The molecule has 4 heteroatoms. The number of hydrogen-bond acceptors (Lipinski definition) is 3. The highest BCUT2D eigenvalue weighted by atomic mass is 79.9. The van der Waals surface area contributed by atoms with Crippen LogP contribution in [0.2, 0.25) is 0 Å². The standard InChI is InChI=1S/C12H13BrO3/c13-11-6-4-5(6)10(3-14)8(9(10)11)7(4)12(11)15-1-2-16-12/h4-9,14H,1-3H2/t4-,5+,6+,7-,8+,9+,10+,11-/m0/s1. The van der Waals surface area contributed by atoms with Gasteiger partial charge >= 0.3 is 0 Å². The fourth-order valence-corrected chi connectivity index (χ4v) is 8.71. The van der Waals surface area contributed by atoms with Gasteiger partial charge < -0.3 is 14.6 Å². The SMILES string of the molecule is OC[C@@]12[C@@H]3[C@@H]4[C@H]5[C@@H]1[C@H]2[C@@](Br)([C@H]43)C51OCCO1. The zero-order valence-electron chi connectivity index (χ0n) is 8.73. The molecule has 0 unspecified atom stereocenters. The van der Waals surface area contributed by atoms with Crippen LogP contribution in [-0.2, 0) is 9.47 Å². The Balaban J connectivity index is 1.63. The van der Waals surface area contributed by atoms with Crippen molar-refractivity contribution < 1.29 is 14.6 Å². The number of hydrogen-bond donors (Lipinski definition) is 1. The van der Waals surface area contributed by atoms with E-state index in [9.17, 15) is 5.11 Å². The third kappa shape index (κ3) is 0.428. The third-order valence-electron chi connectivity index (χ3n) is 6.85. The minimum Gasteiger partial charge on any atom is -0.396 e. The van der Waals surface area contributed by atoms with Crippen molar-refractivity contribution in [2.75, 3.05) is 19.8 Å². The molecule has 2 bridgehead atoms. The van der Waals surface area contributed by atoms with Crippen LogP contribution in [0.5, 0.6) is 0 Å². The van der Waals surface area contributed by atoms with Gasteiger partial charge in [0.25, 0.3) is 0 Å². The zero-order valence-corrected chi connectivity index (χ0v) is 10.3.